The van der Waals surface area contributed by atoms with Gasteiger partial charge in [-0.25, -0.2) is 0 Å². The van der Waals surface area contributed by atoms with Crippen LogP contribution in [0.1, 0.15) is 64.2 Å². The summed E-state index contributed by atoms with van der Waals surface area (Å²) in [7, 11) is 0. The van der Waals surface area contributed by atoms with E-state index in [2.05, 4.69) is 17.6 Å². The van der Waals surface area contributed by atoms with E-state index in [0.717, 1.165) is 44.9 Å². The summed E-state index contributed by atoms with van der Waals surface area (Å²) in [5.41, 5.74) is -0.753. The van der Waals surface area contributed by atoms with Gasteiger partial charge in [-0.1, -0.05) is 38.5 Å². The number of hydrogen-bond acceptors (Lipinski definition) is 3. The molecule has 2 aliphatic rings. The Morgan fingerprint density at radius 3 is 2.40 bits per heavy atom. The van der Waals surface area contributed by atoms with Gasteiger partial charge in [-0.3, -0.25) is 4.79 Å². The van der Waals surface area contributed by atoms with E-state index in [1.54, 1.807) is 0 Å². The molecule has 0 saturated heterocycles. The van der Waals surface area contributed by atoms with Crippen LogP contribution in [0.3, 0.4) is 0 Å². The van der Waals surface area contributed by atoms with Gasteiger partial charge < -0.3 is 5.32 Å². The van der Waals surface area contributed by atoms with E-state index >= 15 is 0 Å². The first-order valence-electron chi connectivity index (χ1n) is 7.97. The smallest absolute Gasteiger partial charge is 0.240 e. The maximum absolute atomic E-state index is 12.7. The minimum Gasteiger partial charge on any atom is -0.351 e. The number of carbonyl (C=O) groups is 1. The number of nitrogens with one attached hydrogen (secondary N) is 1. The predicted octanol–water partition coefficient (Wildman–Crippen LogP) is 3.64. The van der Waals surface area contributed by atoms with E-state index in [0.29, 0.717) is 5.25 Å². The molecular formula is C16H26N2OS. The lowest BCUT2D eigenvalue weighted by Gasteiger charge is -2.34. The summed E-state index contributed by atoms with van der Waals surface area (Å²) in [6.45, 7) is 0. The quantitative estimate of drug-likeness (QED) is 0.808. The van der Waals surface area contributed by atoms with E-state index in [-0.39, 0.29) is 11.9 Å². The lowest BCUT2D eigenvalue weighted by Crippen LogP contribution is -2.49. The van der Waals surface area contributed by atoms with E-state index in [1.807, 2.05) is 11.8 Å². The summed E-state index contributed by atoms with van der Waals surface area (Å²) in [5.74, 6) is 0.00727. The molecular weight excluding hydrogens is 268 g/mol. The van der Waals surface area contributed by atoms with Crippen LogP contribution in [0, 0.1) is 16.7 Å². The molecule has 0 heterocycles. The molecule has 4 heteroatoms. The monoisotopic (exact) mass is 294 g/mol. The van der Waals surface area contributed by atoms with Crippen molar-refractivity contribution >= 4 is 17.7 Å². The van der Waals surface area contributed by atoms with Gasteiger partial charge in [-0.05, 0) is 31.9 Å². The Labute approximate surface area is 126 Å². The Hall–Kier alpha value is -0.690. The highest BCUT2D eigenvalue weighted by Crippen LogP contribution is 2.36. The number of nitrogens with zero attached hydrogens (tertiary/aromatic N) is 1. The minimum absolute atomic E-state index is 0.00727. The molecule has 0 aromatic carbocycles. The molecule has 2 unspecified atom stereocenters. The van der Waals surface area contributed by atoms with Gasteiger partial charge in [0.05, 0.1) is 6.07 Å². The summed E-state index contributed by atoms with van der Waals surface area (Å²) in [6.07, 6.45) is 12.7. The van der Waals surface area contributed by atoms with Crippen molar-refractivity contribution < 1.29 is 4.79 Å². The van der Waals surface area contributed by atoms with Gasteiger partial charge >= 0.3 is 0 Å². The first-order chi connectivity index (χ1) is 9.72. The van der Waals surface area contributed by atoms with Gasteiger partial charge in [0.15, 0.2) is 0 Å². The zero-order chi connectivity index (χ0) is 14.4. The Bertz CT molecular complexity index is 369. The SMILES string of the molecule is CSC1CCCCC1NC(=O)C1(C#N)CCCCCC1. The molecule has 0 aromatic rings. The van der Waals surface area contributed by atoms with E-state index < -0.39 is 5.41 Å². The molecule has 2 aliphatic carbocycles. The standard InChI is InChI=1S/C16H26N2OS/c1-20-14-9-5-4-8-13(14)18-15(19)16(12-17)10-6-2-3-7-11-16/h13-14H,2-11H2,1H3,(H,18,19). The number of carbonyl (C=O) groups excluding carboxylic acids is 1. The summed E-state index contributed by atoms with van der Waals surface area (Å²) in [5, 5.41) is 13.3. The second-order valence-corrected chi connectivity index (χ2v) is 7.32. The molecule has 0 aliphatic heterocycles. The molecule has 0 spiro atoms. The van der Waals surface area contributed by atoms with Crippen LogP contribution >= 0.6 is 11.8 Å². The number of hydrogen-bond donors (Lipinski definition) is 1. The Kier molecular flexibility index (Phi) is 5.77. The van der Waals surface area contributed by atoms with Crippen LogP contribution in [0.25, 0.3) is 0 Å². The molecule has 2 atom stereocenters. The number of amides is 1. The van der Waals surface area contributed by atoms with Gasteiger partial charge in [0.25, 0.3) is 0 Å². The van der Waals surface area contributed by atoms with Crippen LogP contribution < -0.4 is 5.32 Å². The number of rotatable bonds is 3. The van der Waals surface area contributed by atoms with Crippen molar-refractivity contribution in [1.82, 2.24) is 5.32 Å². The molecule has 1 N–H and O–H groups in total. The molecule has 2 rings (SSSR count). The van der Waals surface area contributed by atoms with Crippen molar-refractivity contribution in [2.75, 3.05) is 6.26 Å². The number of nitriles is 1. The van der Waals surface area contributed by atoms with Crippen molar-refractivity contribution in [2.24, 2.45) is 5.41 Å². The van der Waals surface area contributed by atoms with E-state index in [1.165, 1.54) is 19.3 Å². The first-order valence-corrected chi connectivity index (χ1v) is 9.26. The second-order valence-electron chi connectivity index (χ2n) is 6.25. The second kappa shape index (κ2) is 7.36. The first kappa shape index (κ1) is 15.7. The predicted molar refractivity (Wildman–Crippen MR) is 83.4 cm³/mol. The normalized spacial score (nSPS) is 30.0. The van der Waals surface area contributed by atoms with E-state index in [9.17, 15) is 10.1 Å². The van der Waals surface area contributed by atoms with Crippen molar-refractivity contribution in [2.45, 2.75) is 75.5 Å². The maximum atomic E-state index is 12.7. The Morgan fingerprint density at radius 1 is 1.15 bits per heavy atom. The molecule has 0 aromatic heterocycles. The van der Waals surface area contributed by atoms with Crippen LogP contribution in [0.5, 0.6) is 0 Å². The zero-order valence-corrected chi connectivity index (χ0v) is 13.3. The lowest BCUT2D eigenvalue weighted by molar-refractivity contribution is -0.129. The van der Waals surface area contributed by atoms with E-state index in [4.69, 9.17) is 0 Å². The van der Waals surface area contributed by atoms with Crippen LogP contribution in [-0.2, 0) is 4.79 Å². The number of thioether (sulfide) groups is 1. The fourth-order valence-electron chi connectivity index (χ4n) is 3.57. The fourth-order valence-corrected chi connectivity index (χ4v) is 4.51. The maximum Gasteiger partial charge on any atom is 0.240 e. The Balaban J connectivity index is 2.03. The molecule has 2 fully saturated rings. The zero-order valence-electron chi connectivity index (χ0n) is 12.5. The van der Waals surface area contributed by atoms with Gasteiger partial charge in [0.1, 0.15) is 5.41 Å². The highest BCUT2D eigenvalue weighted by atomic mass is 32.2. The molecule has 112 valence electrons. The Morgan fingerprint density at radius 2 is 1.80 bits per heavy atom. The highest BCUT2D eigenvalue weighted by Gasteiger charge is 2.40. The molecule has 0 radical (unpaired) electrons. The topological polar surface area (TPSA) is 52.9 Å². The highest BCUT2D eigenvalue weighted by molar-refractivity contribution is 7.99. The summed E-state index contributed by atoms with van der Waals surface area (Å²) < 4.78 is 0. The van der Waals surface area contributed by atoms with Gasteiger partial charge in [-0.2, -0.15) is 17.0 Å². The third kappa shape index (κ3) is 3.49. The van der Waals surface area contributed by atoms with Gasteiger partial charge in [0.2, 0.25) is 5.91 Å². The van der Waals surface area contributed by atoms with Crippen molar-refractivity contribution in [3.05, 3.63) is 0 Å². The van der Waals surface area contributed by atoms with Crippen LogP contribution in [-0.4, -0.2) is 23.5 Å². The third-order valence-electron chi connectivity index (χ3n) is 4.93. The molecule has 2 saturated carbocycles. The molecule has 1 amide bonds. The van der Waals surface area contributed by atoms with Crippen LogP contribution in [0.2, 0.25) is 0 Å². The van der Waals surface area contributed by atoms with Crippen molar-refractivity contribution in [3.63, 3.8) is 0 Å². The summed E-state index contributed by atoms with van der Waals surface area (Å²) in [6, 6.07) is 2.62. The molecule has 20 heavy (non-hydrogen) atoms. The van der Waals surface area contributed by atoms with Crippen LogP contribution in [0.15, 0.2) is 0 Å². The molecule has 0 bridgehead atoms. The van der Waals surface area contributed by atoms with Gasteiger partial charge in [-0.15, -0.1) is 0 Å². The summed E-state index contributed by atoms with van der Waals surface area (Å²) in [4.78, 5) is 12.7. The van der Waals surface area contributed by atoms with Crippen molar-refractivity contribution in [1.29, 1.82) is 5.26 Å². The average Bonchev–Trinajstić information content (AvgIpc) is 2.74. The molecule has 3 nitrogen and oxygen atoms in total. The lowest BCUT2D eigenvalue weighted by atomic mass is 9.80. The third-order valence-corrected chi connectivity index (χ3v) is 6.10. The average molecular weight is 294 g/mol. The minimum atomic E-state index is -0.753. The van der Waals surface area contributed by atoms with Crippen molar-refractivity contribution in [3.8, 4) is 6.07 Å². The summed E-state index contributed by atoms with van der Waals surface area (Å²) >= 11 is 1.86. The fraction of sp³-hybridized carbons (Fsp3) is 0.875. The largest absolute Gasteiger partial charge is 0.351 e. The van der Waals surface area contributed by atoms with Gasteiger partial charge in [0, 0.05) is 11.3 Å². The van der Waals surface area contributed by atoms with Crippen LogP contribution in [0.4, 0.5) is 0 Å².